The van der Waals surface area contributed by atoms with E-state index < -0.39 is 0 Å². The summed E-state index contributed by atoms with van der Waals surface area (Å²) in [4.78, 5) is 16.0. The van der Waals surface area contributed by atoms with E-state index in [2.05, 4.69) is 16.8 Å². The zero-order chi connectivity index (χ0) is 17.9. The maximum atomic E-state index is 11.0. The Morgan fingerprint density at radius 1 is 0.708 bits per heavy atom. The third-order valence-electron chi connectivity index (χ3n) is 4.36. The molecule has 0 saturated carbocycles. The van der Waals surface area contributed by atoms with Crippen molar-refractivity contribution < 1.29 is 14.4 Å². The fourth-order valence-electron chi connectivity index (χ4n) is 2.86. The van der Waals surface area contributed by atoms with Gasteiger partial charge in [-0.05, 0) is 32.1 Å². The second-order valence-corrected chi connectivity index (χ2v) is 6.56. The van der Waals surface area contributed by atoms with Crippen LogP contribution in [-0.4, -0.2) is 25.9 Å². The quantitative estimate of drug-likeness (QED) is 0.140. The number of oxime groups is 1. The van der Waals surface area contributed by atoms with Gasteiger partial charge in [-0.3, -0.25) is 4.79 Å². The van der Waals surface area contributed by atoms with Crippen LogP contribution >= 0.6 is 0 Å². The lowest BCUT2D eigenvalue weighted by Crippen LogP contribution is -2.00. The third kappa shape index (κ3) is 15.8. The van der Waals surface area contributed by atoms with Crippen molar-refractivity contribution in [3.05, 3.63) is 0 Å². The van der Waals surface area contributed by atoms with Crippen LogP contribution in [0.4, 0.5) is 0 Å². The largest absolute Gasteiger partial charge is 0.469 e. The van der Waals surface area contributed by atoms with Gasteiger partial charge in [0.25, 0.3) is 0 Å². The van der Waals surface area contributed by atoms with Crippen molar-refractivity contribution in [2.45, 2.75) is 103 Å². The van der Waals surface area contributed by atoms with E-state index >= 15 is 0 Å². The van der Waals surface area contributed by atoms with Gasteiger partial charge in [-0.1, -0.05) is 69.9 Å². The molecule has 0 aliphatic rings. The van der Waals surface area contributed by atoms with E-state index in [1.807, 2.05) is 0 Å². The fraction of sp³-hybridized carbons (Fsp3) is 0.900. The summed E-state index contributed by atoms with van der Waals surface area (Å²) in [6.07, 6.45) is 17.6. The number of unbranched alkanes of at least 4 members (excludes halogenated alkanes) is 10. The Balaban J connectivity index is 3.45. The van der Waals surface area contributed by atoms with Gasteiger partial charge in [0.15, 0.2) is 0 Å². The highest BCUT2D eigenvalue weighted by Gasteiger charge is 2.02. The molecule has 0 heterocycles. The number of ether oxygens (including phenoxy) is 1. The average Bonchev–Trinajstić information content (AvgIpc) is 2.59. The molecular formula is C20H39NO3. The fourth-order valence-corrected chi connectivity index (χ4v) is 2.86. The first-order valence-electron chi connectivity index (χ1n) is 9.90. The standard InChI is InChI=1S/C20H39NO3/c1-4-5-6-13-16-19(21-24-3)17-14-11-9-7-8-10-12-15-18-20(22)23-2/h4-18H2,1-3H3/b21-19-. The number of rotatable bonds is 17. The number of esters is 1. The van der Waals surface area contributed by atoms with Gasteiger partial charge in [-0.15, -0.1) is 0 Å². The van der Waals surface area contributed by atoms with Crippen LogP contribution < -0.4 is 0 Å². The molecule has 0 amide bonds. The highest BCUT2D eigenvalue weighted by Crippen LogP contribution is 2.13. The summed E-state index contributed by atoms with van der Waals surface area (Å²) in [5.41, 5.74) is 1.23. The number of hydrogen-bond donors (Lipinski definition) is 0. The number of hydrogen-bond acceptors (Lipinski definition) is 4. The normalized spacial score (nSPS) is 11.5. The van der Waals surface area contributed by atoms with E-state index in [4.69, 9.17) is 4.84 Å². The first-order chi connectivity index (χ1) is 11.7. The van der Waals surface area contributed by atoms with Crippen LogP contribution in [0.25, 0.3) is 0 Å². The van der Waals surface area contributed by atoms with Crippen molar-refractivity contribution in [2.75, 3.05) is 14.2 Å². The predicted octanol–water partition coefficient (Wildman–Crippen LogP) is 6.03. The van der Waals surface area contributed by atoms with E-state index in [1.165, 1.54) is 77.0 Å². The Labute approximate surface area is 149 Å². The van der Waals surface area contributed by atoms with Crippen LogP contribution in [0.3, 0.4) is 0 Å². The molecule has 4 heteroatoms. The van der Waals surface area contributed by atoms with Crippen molar-refractivity contribution in [1.29, 1.82) is 0 Å². The predicted molar refractivity (Wildman–Crippen MR) is 101 cm³/mol. The molecule has 0 aromatic rings. The molecule has 0 aromatic carbocycles. The average molecular weight is 342 g/mol. The Hall–Kier alpha value is -1.06. The Kier molecular flexibility index (Phi) is 17.5. The Morgan fingerprint density at radius 3 is 1.62 bits per heavy atom. The maximum absolute atomic E-state index is 11.0. The van der Waals surface area contributed by atoms with Crippen LogP contribution in [0.15, 0.2) is 5.16 Å². The first-order valence-corrected chi connectivity index (χ1v) is 9.90. The SMILES string of the molecule is CCCCCC/C(CCCCCCCCCCC(=O)OC)=N/OC. The minimum atomic E-state index is -0.0850. The smallest absolute Gasteiger partial charge is 0.305 e. The molecule has 0 rings (SSSR count). The topological polar surface area (TPSA) is 47.9 Å². The van der Waals surface area contributed by atoms with E-state index in [9.17, 15) is 4.79 Å². The molecule has 0 aromatic heterocycles. The van der Waals surface area contributed by atoms with Crippen LogP contribution in [0.5, 0.6) is 0 Å². The lowest BCUT2D eigenvalue weighted by Gasteiger charge is -2.06. The summed E-state index contributed by atoms with van der Waals surface area (Å²) < 4.78 is 4.64. The molecule has 0 aliphatic carbocycles. The van der Waals surface area contributed by atoms with E-state index in [-0.39, 0.29) is 5.97 Å². The highest BCUT2D eigenvalue weighted by molar-refractivity contribution is 5.83. The van der Waals surface area contributed by atoms with Gasteiger partial charge in [-0.25, -0.2) is 0 Å². The van der Waals surface area contributed by atoms with Crippen molar-refractivity contribution in [3.63, 3.8) is 0 Å². The van der Waals surface area contributed by atoms with Gasteiger partial charge >= 0.3 is 5.97 Å². The summed E-state index contributed by atoms with van der Waals surface area (Å²) in [6.45, 7) is 2.24. The number of carbonyl (C=O) groups is 1. The maximum Gasteiger partial charge on any atom is 0.305 e. The summed E-state index contributed by atoms with van der Waals surface area (Å²) in [5.74, 6) is -0.0850. The molecule has 0 bridgehead atoms. The molecule has 142 valence electrons. The van der Waals surface area contributed by atoms with Gasteiger partial charge in [-0.2, -0.15) is 0 Å². The lowest BCUT2D eigenvalue weighted by molar-refractivity contribution is -0.140. The summed E-state index contributed by atoms with van der Waals surface area (Å²) in [5, 5.41) is 4.19. The summed E-state index contributed by atoms with van der Waals surface area (Å²) in [7, 11) is 3.10. The molecule has 0 spiro atoms. The van der Waals surface area contributed by atoms with E-state index in [0.717, 1.165) is 25.7 Å². The van der Waals surface area contributed by atoms with Gasteiger partial charge in [0.05, 0.1) is 12.8 Å². The van der Waals surface area contributed by atoms with Crippen LogP contribution in [-0.2, 0) is 14.4 Å². The van der Waals surface area contributed by atoms with Crippen molar-refractivity contribution in [3.8, 4) is 0 Å². The van der Waals surface area contributed by atoms with Crippen LogP contribution in [0.1, 0.15) is 103 Å². The Morgan fingerprint density at radius 2 is 1.17 bits per heavy atom. The van der Waals surface area contributed by atoms with Gasteiger partial charge in [0, 0.05) is 6.42 Å². The minimum absolute atomic E-state index is 0.0850. The molecule has 0 saturated heterocycles. The molecular weight excluding hydrogens is 302 g/mol. The van der Waals surface area contributed by atoms with E-state index in [1.54, 1.807) is 7.11 Å². The van der Waals surface area contributed by atoms with E-state index in [0.29, 0.717) is 6.42 Å². The molecule has 0 aliphatic heterocycles. The number of nitrogens with zero attached hydrogens (tertiary/aromatic N) is 1. The van der Waals surface area contributed by atoms with Crippen LogP contribution in [0, 0.1) is 0 Å². The number of methoxy groups -OCH3 is 1. The minimum Gasteiger partial charge on any atom is -0.469 e. The van der Waals surface area contributed by atoms with Crippen molar-refractivity contribution in [2.24, 2.45) is 5.16 Å². The highest BCUT2D eigenvalue weighted by atomic mass is 16.6. The van der Waals surface area contributed by atoms with Crippen molar-refractivity contribution >= 4 is 11.7 Å². The second kappa shape index (κ2) is 18.3. The number of carbonyl (C=O) groups excluding carboxylic acids is 1. The van der Waals surface area contributed by atoms with Crippen LogP contribution in [0.2, 0.25) is 0 Å². The Bertz CT molecular complexity index is 316. The zero-order valence-electron chi connectivity index (χ0n) is 16.3. The molecule has 0 N–H and O–H groups in total. The second-order valence-electron chi connectivity index (χ2n) is 6.56. The third-order valence-corrected chi connectivity index (χ3v) is 4.36. The molecule has 0 atom stereocenters. The van der Waals surface area contributed by atoms with Gasteiger partial charge in [0.2, 0.25) is 0 Å². The first kappa shape index (κ1) is 22.9. The lowest BCUT2D eigenvalue weighted by atomic mass is 10.0. The molecule has 4 nitrogen and oxygen atoms in total. The van der Waals surface area contributed by atoms with Gasteiger partial charge in [0.1, 0.15) is 7.11 Å². The van der Waals surface area contributed by atoms with Crippen molar-refractivity contribution in [1.82, 2.24) is 0 Å². The van der Waals surface area contributed by atoms with Gasteiger partial charge < -0.3 is 9.57 Å². The molecule has 0 radical (unpaired) electrons. The summed E-state index contributed by atoms with van der Waals surface area (Å²) in [6, 6.07) is 0. The zero-order valence-corrected chi connectivity index (χ0v) is 16.3. The molecule has 24 heavy (non-hydrogen) atoms. The molecule has 0 fully saturated rings. The monoisotopic (exact) mass is 341 g/mol. The summed E-state index contributed by atoms with van der Waals surface area (Å²) >= 11 is 0. The molecule has 0 unspecified atom stereocenters.